The van der Waals surface area contributed by atoms with Gasteiger partial charge in [0.2, 0.25) is 0 Å². The van der Waals surface area contributed by atoms with Crippen LogP contribution in [0.1, 0.15) is 55.5 Å². The first-order chi connectivity index (χ1) is 15.4. The van der Waals surface area contributed by atoms with Gasteiger partial charge in [-0.3, -0.25) is 14.4 Å². The van der Waals surface area contributed by atoms with E-state index in [1.807, 2.05) is 24.3 Å². The number of amides is 1. The van der Waals surface area contributed by atoms with Gasteiger partial charge in [0, 0.05) is 17.8 Å². The molecule has 0 saturated heterocycles. The SMILES string of the molecule is CCn1c(=O)c(=O)[nH]c2cc(C(=O)Nc3cccc(COC4CCCC(C)C4)c3)ccc21. The predicted molar refractivity (Wildman–Crippen MR) is 125 cm³/mol. The van der Waals surface area contributed by atoms with Gasteiger partial charge >= 0.3 is 11.1 Å². The van der Waals surface area contributed by atoms with Crippen LogP contribution in [0.2, 0.25) is 0 Å². The first-order valence-electron chi connectivity index (χ1n) is 11.2. The van der Waals surface area contributed by atoms with Gasteiger partial charge in [-0.1, -0.05) is 31.9 Å². The molecular weight excluding hydrogens is 406 g/mol. The average Bonchev–Trinajstić information content (AvgIpc) is 2.78. The molecule has 1 aliphatic rings. The van der Waals surface area contributed by atoms with Crippen LogP contribution in [0.4, 0.5) is 5.69 Å². The molecule has 1 heterocycles. The zero-order valence-electron chi connectivity index (χ0n) is 18.5. The Morgan fingerprint density at radius 3 is 2.81 bits per heavy atom. The van der Waals surface area contributed by atoms with Gasteiger partial charge in [0.05, 0.1) is 23.7 Å². The molecule has 1 aliphatic carbocycles. The molecule has 2 N–H and O–H groups in total. The third kappa shape index (κ3) is 4.83. The Balaban J connectivity index is 1.47. The fourth-order valence-electron chi connectivity index (χ4n) is 4.42. The van der Waals surface area contributed by atoms with Gasteiger partial charge in [-0.25, -0.2) is 0 Å². The molecule has 1 aromatic heterocycles. The number of H-pyrrole nitrogens is 1. The molecule has 2 unspecified atom stereocenters. The Hall–Kier alpha value is -3.19. The number of fused-ring (bicyclic) bond motifs is 1. The number of hydrogen-bond donors (Lipinski definition) is 2. The van der Waals surface area contributed by atoms with Crippen molar-refractivity contribution in [3.05, 3.63) is 74.3 Å². The predicted octanol–water partition coefficient (Wildman–Crippen LogP) is 4.06. The van der Waals surface area contributed by atoms with Gasteiger partial charge < -0.3 is 19.6 Å². The van der Waals surface area contributed by atoms with Gasteiger partial charge in [0.15, 0.2) is 0 Å². The lowest BCUT2D eigenvalue weighted by Gasteiger charge is -2.26. The molecule has 32 heavy (non-hydrogen) atoms. The second kappa shape index (κ2) is 9.53. The lowest BCUT2D eigenvalue weighted by molar-refractivity contribution is 0.00468. The molecule has 168 valence electrons. The monoisotopic (exact) mass is 435 g/mol. The highest BCUT2D eigenvalue weighted by molar-refractivity contribution is 6.05. The van der Waals surface area contributed by atoms with Crippen molar-refractivity contribution >= 4 is 22.6 Å². The van der Waals surface area contributed by atoms with E-state index in [-0.39, 0.29) is 5.91 Å². The molecule has 4 rings (SSSR count). The van der Waals surface area contributed by atoms with Crippen molar-refractivity contribution in [1.29, 1.82) is 0 Å². The number of rotatable bonds is 6. The fraction of sp³-hybridized carbons (Fsp3) is 0.400. The van der Waals surface area contributed by atoms with Crippen LogP contribution in [0.3, 0.4) is 0 Å². The number of carbonyl (C=O) groups is 1. The minimum atomic E-state index is -0.697. The molecule has 1 amide bonds. The maximum Gasteiger partial charge on any atom is 0.316 e. The lowest BCUT2D eigenvalue weighted by atomic mass is 9.89. The van der Waals surface area contributed by atoms with Crippen molar-refractivity contribution in [2.45, 2.75) is 58.8 Å². The number of aromatic amines is 1. The summed E-state index contributed by atoms with van der Waals surface area (Å²) in [6.07, 6.45) is 5.01. The molecule has 0 bridgehead atoms. The molecule has 7 heteroatoms. The molecule has 3 aromatic rings. The molecule has 0 aliphatic heterocycles. The minimum Gasteiger partial charge on any atom is -0.374 e. The Morgan fingerprint density at radius 1 is 1.19 bits per heavy atom. The van der Waals surface area contributed by atoms with E-state index in [0.717, 1.165) is 18.4 Å². The molecule has 2 atom stereocenters. The smallest absolute Gasteiger partial charge is 0.316 e. The molecular formula is C25H29N3O4. The van der Waals surface area contributed by atoms with Gasteiger partial charge in [0.1, 0.15) is 0 Å². The summed E-state index contributed by atoms with van der Waals surface area (Å²) in [6.45, 7) is 4.97. The van der Waals surface area contributed by atoms with Crippen LogP contribution in [-0.2, 0) is 17.9 Å². The standard InChI is InChI=1S/C25H29N3O4/c1-3-28-22-11-10-18(14-21(22)27-24(30)25(28)31)23(29)26-19-8-5-7-17(13-19)15-32-20-9-4-6-16(2)12-20/h5,7-8,10-11,13-14,16,20H,3-4,6,9,12,15H2,1-2H3,(H,26,29)(H,27,30). The van der Waals surface area contributed by atoms with E-state index in [4.69, 9.17) is 4.74 Å². The fourth-order valence-corrected chi connectivity index (χ4v) is 4.42. The van der Waals surface area contributed by atoms with Gasteiger partial charge in [0.25, 0.3) is 5.91 Å². The van der Waals surface area contributed by atoms with Crippen LogP contribution in [0.25, 0.3) is 11.0 Å². The second-order valence-electron chi connectivity index (χ2n) is 8.59. The number of anilines is 1. The number of nitrogens with one attached hydrogen (secondary N) is 2. The summed E-state index contributed by atoms with van der Waals surface area (Å²) >= 11 is 0. The van der Waals surface area contributed by atoms with E-state index in [9.17, 15) is 14.4 Å². The Bertz CT molecular complexity index is 1240. The van der Waals surface area contributed by atoms with Crippen LogP contribution in [0, 0.1) is 5.92 Å². The van der Waals surface area contributed by atoms with Crippen LogP contribution < -0.4 is 16.4 Å². The van der Waals surface area contributed by atoms with Crippen LogP contribution >= 0.6 is 0 Å². The maximum atomic E-state index is 12.8. The first kappa shape index (κ1) is 22.0. The number of benzene rings is 2. The molecule has 0 radical (unpaired) electrons. The van der Waals surface area contributed by atoms with Gasteiger partial charge in [-0.05, 0) is 61.6 Å². The lowest BCUT2D eigenvalue weighted by Crippen LogP contribution is -2.36. The van der Waals surface area contributed by atoms with Crippen LogP contribution in [0.5, 0.6) is 0 Å². The summed E-state index contributed by atoms with van der Waals surface area (Å²) in [6, 6.07) is 12.6. The number of ether oxygens (including phenoxy) is 1. The van der Waals surface area contributed by atoms with Crippen molar-refractivity contribution in [2.75, 3.05) is 5.32 Å². The summed E-state index contributed by atoms with van der Waals surface area (Å²) in [5, 5.41) is 2.91. The third-order valence-corrected chi connectivity index (χ3v) is 6.11. The van der Waals surface area contributed by atoms with Gasteiger partial charge in [-0.2, -0.15) is 0 Å². The normalized spacial score (nSPS) is 18.6. The van der Waals surface area contributed by atoms with E-state index in [2.05, 4.69) is 17.2 Å². The number of hydrogen-bond acceptors (Lipinski definition) is 4. The topological polar surface area (TPSA) is 93.2 Å². The molecule has 1 fully saturated rings. The van der Waals surface area contributed by atoms with Crippen LogP contribution in [0.15, 0.2) is 52.1 Å². The Kier molecular flexibility index (Phi) is 6.55. The maximum absolute atomic E-state index is 12.8. The Morgan fingerprint density at radius 2 is 2.03 bits per heavy atom. The summed E-state index contributed by atoms with van der Waals surface area (Å²) in [7, 11) is 0. The highest BCUT2D eigenvalue weighted by Crippen LogP contribution is 2.26. The van der Waals surface area contributed by atoms with E-state index in [1.54, 1.807) is 25.1 Å². The Labute approximate surface area is 186 Å². The number of aromatic nitrogens is 2. The highest BCUT2D eigenvalue weighted by Gasteiger charge is 2.19. The van der Waals surface area contributed by atoms with Gasteiger partial charge in [-0.15, -0.1) is 0 Å². The largest absolute Gasteiger partial charge is 0.374 e. The van der Waals surface area contributed by atoms with E-state index < -0.39 is 11.1 Å². The van der Waals surface area contributed by atoms with E-state index in [0.29, 0.717) is 47.5 Å². The second-order valence-corrected chi connectivity index (χ2v) is 8.59. The molecule has 2 aromatic carbocycles. The van der Waals surface area contributed by atoms with E-state index in [1.165, 1.54) is 17.4 Å². The van der Waals surface area contributed by atoms with Crippen molar-refractivity contribution in [3.8, 4) is 0 Å². The summed E-state index contributed by atoms with van der Waals surface area (Å²) < 4.78 is 7.50. The molecule has 1 saturated carbocycles. The quantitative estimate of drug-likeness (QED) is 0.571. The van der Waals surface area contributed by atoms with Crippen molar-refractivity contribution in [2.24, 2.45) is 5.92 Å². The summed E-state index contributed by atoms with van der Waals surface area (Å²) in [5.74, 6) is 0.421. The third-order valence-electron chi connectivity index (χ3n) is 6.11. The highest BCUT2D eigenvalue weighted by atomic mass is 16.5. The van der Waals surface area contributed by atoms with Crippen molar-refractivity contribution in [3.63, 3.8) is 0 Å². The average molecular weight is 436 g/mol. The van der Waals surface area contributed by atoms with Crippen molar-refractivity contribution in [1.82, 2.24) is 9.55 Å². The summed E-state index contributed by atoms with van der Waals surface area (Å²) in [5.41, 5.74) is 1.83. The first-order valence-corrected chi connectivity index (χ1v) is 11.2. The van der Waals surface area contributed by atoms with Crippen LogP contribution in [-0.4, -0.2) is 21.6 Å². The number of aryl methyl sites for hydroxylation is 1. The molecule has 0 spiro atoms. The zero-order chi connectivity index (χ0) is 22.7. The van der Waals surface area contributed by atoms with Crippen molar-refractivity contribution < 1.29 is 9.53 Å². The summed E-state index contributed by atoms with van der Waals surface area (Å²) in [4.78, 5) is 39.3. The number of nitrogens with zero attached hydrogens (tertiary/aromatic N) is 1. The minimum absolute atomic E-state index is 0.291. The zero-order valence-corrected chi connectivity index (χ0v) is 18.5. The number of carbonyl (C=O) groups excluding carboxylic acids is 1. The van der Waals surface area contributed by atoms with E-state index >= 15 is 0 Å². The molecule has 7 nitrogen and oxygen atoms in total.